The first-order valence-electron chi connectivity index (χ1n) is 9.65. The van der Waals surface area contributed by atoms with Crippen LogP contribution in [0.4, 0.5) is 11.4 Å². The molecular formula is C21H24N2O4S2. The molecule has 2 aromatic rings. The highest BCUT2D eigenvalue weighted by atomic mass is 32.2. The second kappa shape index (κ2) is 7.57. The summed E-state index contributed by atoms with van der Waals surface area (Å²) in [6.45, 7) is 0.608. The van der Waals surface area contributed by atoms with E-state index in [0.717, 1.165) is 29.8 Å². The summed E-state index contributed by atoms with van der Waals surface area (Å²) in [5.41, 5.74) is 1.49. The summed E-state index contributed by atoms with van der Waals surface area (Å²) in [7, 11) is -2.90. The lowest BCUT2D eigenvalue weighted by Crippen LogP contribution is -2.42. The van der Waals surface area contributed by atoms with Gasteiger partial charge in [0.05, 0.1) is 36.9 Å². The quantitative estimate of drug-likeness (QED) is 0.742. The van der Waals surface area contributed by atoms with Gasteiger partial charge in [0.1, 0.15) is 0 Å². The molecule has 0 radical (unpaired) electrons. The predicted molar refractivity (Wildman–Crippen MR) is 113 cm³/mol. The minimum atomic E-state index is -3.38. The number of benzene rings is 2. The Balaban J connectivity index is 1.73. The number of nitrogens with zero attached hydrogens (tertiary/aromatic N) is 2. The summed E-state index contributed by atoms with van der Waals surface area (Å²) in [4.78, 5) is 17.5. The average Bonchev–Trinajstić information content (AvgIpc) is 2.70. The van der Waals surface area contributed by atoms with Crippen molar-refractivity contribution in [1.82, 2.24) is 4.90 Å². The highest BCUT2D eigenvalue weighted by Gasteiger charge is 2.31. The van der Waals surface area contributed by atoms with E-state index in [1.54, 1.807) is 12.1 Å². The van der Waals surface area contributed by atoms with Gasteiger partial charge in [-0.3, -0.25) is 4.79 Å². The van der Waals surface area contributed by atoms with Crippen LogP contribution in [0.25, 0.3) is 0 Å². The van der Waals surface area contributed by atoms with Gasteiger partial charge < -0.3 is 9.80 Å². The average molecular weight is 433 g/mol. The fourth-order valence-electron chi connectivity index (χ4n) is 4.10. The number of fused-ring (bicyclic) bond motifs is 2. The zero-order valence-electron chi connectivity index (χ0n) is 16.5. The molecule has 2 unspecified atom stereocenters. The second-order valence-electron chi connectivity index (χ2n) is 7.63. The van der Waals surface area contributed by atoms with Crippen LogP contribution in [-0.2, 0) is 25.4 Å². The van der Waals surface area contributed by atoms with Crippen LogP contribution in [0, 0.1) is 0 Å². The van der Waals surface area contributed by atoms with Crippen LogP contribution >= 0.6 is 0 Å². The van der Waals surface area contributed by atoms with E-state index in [-0.39, 0.29) is 16.8 Å². The van der Waals surface area contributed by atoms with Gasteiger partial charge in [-0.25, -0.2) is 12.6 Å². The smallest absolute Gasteiger partial charge is 0.222 e. The minimum absolute atomic E-state index is 0.150. The van der Waals surface area contributed by atoms with Gasteiger partial charge in [-0.2, -0.15) is 0 Å². The molecule has 1 amide bonds. The molecule has 2 aliphatic rings. The number of carbonyl (C=O) groups excluding carboxylic acids is 1. The number of piperidine rings is 1. The van der Waals surface area contributed by atoms with Crippen LogP contribution in [0.1, 0.15) is 25.7 Å². The maximum Gasteiger partial charge on any atom is 0.222 e. The van der Waals surface area contributed by atoms with Crippen LogP contribution in [-0.4, -0.2) is 49.3 Å². The van der Waals surface area contributed by atoms with Gasteiger partial charge in [-0.15, -0.1) is 0 Å². The SMILES string of the molecule is CN1C(=O)CCCC1CCN1c2ccccc2S(=O)c2ccc(S(C)(=O)=O)cc21. The highest BCUT2D eigenvalue weighted by Crippen LogP contribution is 2.43. The lowest BCUT2D eigenvalue weighted by molar-refractivity contribution is -0.134. The largest absolute Gasteiger partial charge is 0.343 e. The number of sulfone groups is 1. The van der Waals surface area contributed by atoms with E-state index < -0.39 is 20.6 Å². The summed E-state index contributed by atoms with van der Waals surface area (Å²) < 4.78 is 37.3. The molecule has 0 saturated carbocycles. The first-order valence-corrected chi connectivity index (χ1v) is 12.7. The molecule has 2 aliphatic heterocycles. The number of para-hydroxylation sites is 1. The molecular weight excluding hydrogens is 408 g/mol. The molecule has 0 bridgehead atoms. The van der Waals surface area contributed by atoms with Gasteiger partial charge in [0, 0.05) is 32.3 Å². The first kappa shape index (κ1) is 20.1. The maximum atomic E-state index is 13.1. The summed E-state index contributed by atoms with van der Waals surface area (Å²) in [5.74, 6) is 0.168. The Kier molecular flexibility index (Phi) is 5.25. The van der Waals surface area contributed by atoms with Crippen molar-refractivity contribution in [3.8, 4) is 0 Å². The molecule has 0 aromatic heterocycles. The molecule has 6 nitrogen and oxygen atoms in total. The Hall–Kier alpha value is -2.19. The number of carbonyl (C=O) groups is 1. The van der Waals surface area contributed by atoms with E-state index >= 15 is 0 Å². The van der Waals surface area contributed by atoms with Crippen LogP contribution < -0.4 is 4.90 Å². The van der Waals surface area contributed by atoms with Crippen LogP contribution in [0.2, 0.25) is 0 Å². The third-order valence-corrected chi connectivity index (χ3v) is 8.36. The van der Waals surface area contributed by atoms with Crippen molar-refractivity contribution in [2.24, 2.45) is 0 Å². The van der Waals surface area contributed by atoms with Crippen molar-refractivity contribution >= 4 is 37.9 Å². The van der Waals surface area contributed by atoms with Crippen molar-refractivity contribution in [1.29, 1.82) is 0 Å². The highest BCUT2D eigenvalue weighted by molar-refractivity contribution is 7.90. The zero-order chi connectivity index (χ0) is 20.8. The topological polar surface area (TPSA) is 74.8 Å². The normalized spacial score (nSPS) is 21.7. The Bertz CT molecular complexity index is 1100. The van der Waals surface area contributed by atoms with Crippen molar-refractivity contribution in [2.45, 2.75) is 46.4 Å². The number of likely N-dealkylation sites (tertiary alicyclic amines) is 1. The van der Waals surface area contributed by atoms with E-state index in [4.69, 9.17) is 0 Å². The van der Waals surface area contributed by atoms with E-state index in [0.29, 0.717) is 23.5 Å². The molecule has 1 fully saturated rings. The van der Waals surface area contributed by atoms with Gasteiger partial charge in [-0.05, 0) is 49.6 Å². The summed E-state index contributed by atoms with van der Waals surface area (Å²) in [5, 5.41) is 0. The number of anilines is 2. The minimum Gasteiger partial charge on any atom is -0.343 e. The molecule has 2 atom stereocenters. The van der Waals surface area contributed by atoms with Crippen LogP contribution in [0.15, 0.2) is 57.2 Å². The molecule has 0 aliphatic carbocycles. The van der Waals surface area contributed by atoms with Crippen molar-refractivity contribution in [2.75, 3.05) is 24.7 Å². The molecule has 154 valence electrons. The number of amides is 1. The van der Waals surface area contributed by atoms with E-state index in [2.05, 4.69) is 0 Å². The lowest BCUT2D eigenvalue weighted by atomic mass is 9.99. The number of rotatable bonds is 4. The van der Waals surface area contributed by atoms with Gasteiger partial charge in [0.15, 0.2) is 9.84 Å². The Morgan fingerprint density at radius 2 is 1.83 bits per heavy atom. The molecule has 8 heteroatoms. The Labute approximate surface area is 173 Å². The molecule has 4 rings (SSSR count). The van der Waals surface area contributed by atoms with Gasteiger partial charge in [0.25, 0.3) is 0 Å². The Morgan fingerprint density at radius 3 is 2.59 bits per heavy atom. The molecule has 2 heterocycles. The van der Waals surface area contributed by atoms with E-state index in [9.17, 15) is 17.4 Å². The maximum absolute atomic E-state index is 13.1. The lowest BCUT2D eigenvalue weighted by Gasteiger charge is -2.37. The molecule has 0 spiro atoms. The van der Waals surface area contributed by atoms with Crippen LogP contribution in [0.3, 0.4) is 0 Å². The third kappa shape index (κ3) is 3.71. The molecule has 0 N–H and O–H groups in total. The van der Waals surface area contributed by atoms with E-state index in [1.165, 1.54) is 12.3 Å². The summed E-state index contributed by atoms with van der Waals surface area (Å²) >= 11 is 0. The van der Waals surface area contributed by atoms with Crippen molar-refractivity contribution < 1.29 is 17.4 Å². The van der Waals surface area contributed by atoms with Gasteiger partial charge in [0.2, 0.25) is 5.91 Å². The number of hydrogen-bond donors (Lipinski definition) is 0. The first-order chi connectivity index (χ1) is 13.8. The monoisotopic (exact) mass is 432 g/mol. The van der Waals surface area contributed by atoms with Crippen molar-refractivity contribution in [3.05, 3.63) is 42.5 Å². The zero-order valence-corrected chi connectivity index (χ0v) is 18.1. The second-order valence-corrected chi connectivity index (χ2v) is 11.1. The fraction of sp³-hybridized carbons (Fsp3) is 0.381. The predicted octanol–water partition coefficient (Wildman–Crippen LogP) is 3.11. The van der Waals surface area contributed by atoms with Crippen molar-refractivity contribution in [3.63, 3.8) is 0 Å². The summed E-state index contributed by atoms with van der Waals surface area (Å²) in [6.07, 6.45) is 4.38. The molecule has 29 heavy (non-hydrogen) atoms. The number of hydrogen-bond acceptors (Lipinski definition) is 5. The molecule has 1 saturated heterocycles. The Morgan fingerprint density at radius 1 is 1.10 bits per heavy atom. The fourth-order valence-corrected chi connectivity index (χ4v) is 6.10. The van der Waals surface area contributed by atoms with Crippen LogP contribution in [0.5, 0.6) is 0 Å². The summed E-state index contributed by atoms with van der Waals surface area (Å²) in [6, 6.07) is 12.5. The third-order valence-electron chi connectivity index (χ3n) is 5.76. The van der Waals surface area contributed by atoms with Gasteiger partial charge in [-0.1, -0.05) is 12.1 Å². The van der Waals surface area contributed by atoms with Gasteiger partial charge >= 0.3 is 0 Å². The van der Waals surface area contributed by atoms with E-state index in [1.807, 2.05) is 41.1 Å². The standard InChI is InChI=1S/C21H24N2O4S2/c1-22-15(6-5-9-21(22)24)12-13-23-17-7-3-4-8-19(17)28(25)20-11-10-16(14-18(20)23)29(2,26)27/h3-4,7-8,10-11,14-15H,5-6,9,12-13H2,1-2H3. The molecule has 2 aromatic carbocycles.